The summed E-state index contributed by atoms with van der Waals surface area (Å²) in [6.45, 7) is 2.25. The Balaban J connectivity index is 1.74. The van der Waals surface area contributed by atoms with Crippen LogP contribution in [-0.4, -0.2) is 6.36 Å². The zero-order valence-electron chi connectivity index (χ0n) is 17.2. The first-order chi connectivity index (χ1) is 13.4. The van der Waals surface area contributed by atoms with Gasteiger partial charge in [-0.1, -0.05) is 64.0 Å². The Morgan fingerprint density at radius 1 is 0.929 bits per heavy atom. The van der Waals surface area contributed by atoms with Crippen molar-refractivity contribution in [2.45, 2.75) is 102 Å². The van der Waals surface area contributed by atoms with Crippen molar-refractivity contribution in [3.63, 3.8) is 0 Å². The summed E-state index contributed by atoms with van der Waals surface area (Å²) in [4.78, 5) is 0. The van der Waals surface area contributed by atoms with Gasteiger partial charge in [0.25, 0.3) is 0 Å². The highest BCUT2D eigenvalue weighted by atomic mass is 19.4. The molecule has 2 aliphatic carbocycles. The molecule has 2 saturated carbocycles. The van der Waals surface area contributed by atoms with Crippen LogP contribution in [0.15, 0.2) is 24.3 Å². The Kier molecular flexibility index (Phi) is 7.33. The summed E-state index contributed by atoms with van der Waals surface area (Å²) in [6, 6.07) is 6.85. The largest absolute Gasteiger partial charge is 0.573 e. The van der Waals surface area contributed by atoms with Gasteiger partial charge in [0.1, 0.15) is 5.75 Å². The Labute approximate surface area is 168 Å². The first kappa shape index (κ1) is 21.5. The normalized spacial score (nSPS) is 26.9. The second-order valence-corrected chi connectivity index (χ2v) is 9.00. The van der Waals surface area contributed by atoms with E-state index in [0.717, 1.165) is 5.92 Å². The van der Waals surface area contributed by atoms with Crippen LogP contribution in [0.3, 0.4) is 0 Å². The van der Waals surface area contributed by atoms with E-state index in [-0.39, 0.29) is 11.2 Å². The molecule has 1 aromatic carbocycles. The van der Waals surface area contributed by atoms with Crippen LogP contribution >= 0.6 is 0 Å². The quantitative estimate of drug-likeness (QED) is 0.422. The minimum Gasteiger partial charge on any atom is -0.406 e. The van der Waals surface area contributed by atoms with E-state index < -0.39 is 6.36 Å². The molecule has 0 saturated heterocycles. The van der Waals surface area contributed by atoms with Crippen LogP contribution in [0, 0.1) is 11.8 Å². The topological polar surface area (TPSA) is 9.23 Å². The summed E-state index contributed by atoms with van der Waals surface area (Å²) in [5.74, 6) is 1.40. The number of benzene rings is 1. The fourth-order valence-corrected chi connectivity index (χ4v) is 5.74. The van der Waals surface area contributed by atoms with Crippen LogP contribution in [-0.2, 0) is 5.41 Å². The van der Waals surface area contributed by atoms with E-state index in [2.05, 4.69) is 11.7 Å². The second-order valence-electron chi connectivity index (χ2n) is 9.00. The number of rotatable bonds is 7. The maximum Gasteiger partial charge on any atom is 0.573 e. The standard InChI is InChI=1S/C24H35F3O/c1-2-3-5-8-19-15-17-23(18-16-19,20-9-6-4-7-10-20)21-11-13-22(14-12-21)28-24(25,26)27/h11-14,19-20H,2-10,15-18H2,1H3. The highest BCUT2D eigenvalue weighted by molar-refractivity contribution is 5.34. The molecule has 3 rings (SSSR count). The number of ether oxygens (including phenoxy) is 1. The number of hydrogen-bond acceptors (Lipinski definition) is 1. The fourth-order valence-electron chi connectivity index (χ4n) is 5.74. The van der Waals surface area contributed by atoms with Crippen molar-refractivity contribution >= 4 is 0 Å². The minimum atomic E-state index is -4.63. The van der Waals surface area contributed by atoms with Crippen molar-refractivity contribution in [2.75, 3.05) is 0 Å². The van der Waals surface area contributed by atoms with Gasteiger partial charge in [-0.25, -0.2) is 0 Å². The average Bonchev–Trinajstić information content (AvgIpc) is 2.69. The summed E-state index contributed by atoms with van der Waals surface area (Å²) >= 11 is 0. The molecule has 28 heavy (non-hydrogen) atoms. The molecule has 0 radical (unpaired) electrons. The van der Waals surface area contributed by atoms with Gasteiger partial charge in [0.2, 0.25) is 0 Å². The maximum absolute atomic E-state index is 12.5. The molecule has 0 N–H and O–H groups in total. The highest BCUT2D eigenvalue weighted by Crippen LogP contribution is 2.52. The van der Waals surface area contributed by atoms with E-state index in [1.807, 2.05) is 12.1 Å². The molecule has 0 aliphatic heterocycles. The van der Waals surface area contributed by atoms with Gasteiger partial charge in [-0.15, -0.1) is 13.2 Å². The summed E-state index contributed by atoms with van der Waals surface area (Å²) in [5.41, 5.74) is 1.39. The van der Waals surface area contributed by atoms with Crippen molar-refractivity contribution in [1.82, 2.24) is 0 Å². The van der Waals surface area contributed by atoms with E-state index in [0.29, 0.717) is 5.92 Å². The average molecular weight is 397 g/mol. The van der Waals surface area contributed by atoms with Crippen molar-refractivity contribution in [3.05, 3.63) is 29.8 Å². The van der Waals surface area contributed by atoms with Gasteiger partial charge in [-0.3, -0.25) is 0 Å². The zero-order chi connectivity index (χ0) is 20.0. The molecule has 0 aromatic heterocycles. The monoisotopic (exact) mass is 396 g/mol. The Hall–Kier alpha value is -1.19. The number of halogens is 3. The molecule has 2 fully saturated rings. The molecule has 1 nitrogen and oxygen atoms in total. The van der Waals surface area contributed by atoms with Gasteiger partial charge in [-0.2, -0.15) is 0 Å². The first-order valence-electron chi connectivity index (χ1n) is 11.3. The molecule has 2 aliphatic rings. The van der Waals surface area contributed by atoms with Gasteiger partial charge in [-0.05, 0) is 73.5 Å². The number of alkyl halides is 3. The zero-order valence-corrected chi connectivity index (χ0v) is 17.2. The SMILES string of the molecule is CCCCCC1CCC(c2ccc(OC(F)(F)F)cc2)(C2CCCCC2)CC1. The Morgan fingerprint density at radius 2 is 1.57 bits per heavy atom. The lowest BCUT2D eigenvalue weighted by atomic mass is 9.57. The summed E-state index contributed by atoms with van der Waals surface area (Å²) in [5, 5.41) is 0. The number of unbranched alkanes of at least 4 members (excludes halogenated alkanes) is 2. The minimum absolute atomic E-state index is 0.108. The lowest BCUT2D eigenvalue weighted by molar-refractivity contribution is -0.274. The Bertz CT molecular complexity index is 579. The van der Waals surface area contributed by atoms with Crippen molar-refractivity contribution in [2.24, 2.45) is 11.8 Å². The molecule has 0 bridgehead atoms. The van der Waals surface area contributed by atoms with E-state index in [1.165, 1.54) is 101 Å². The van der Waals surface area contributed by atoms with Crippen LogP contribution < -0.4 is 4.74 Å². The molecule has 0 atom stereocenters. The summed E-state index contributed by atoms with van der Waals surface area (Å²) in [7, 11) is 0. The summed E-state index contributed by atoms with van der Waals surface area (Å²) in [6.07, 6.45) is 12.0. The highest BCUT2D eigenvalue weighted by Gasteiger charge is 2.43. The Morgan fingerprint density at radius 3 is 2.14 bits per heavy atom. The third-order valence-corrected chi connectivity index (χ3v) is 7.26. The molecule has 4 heteroatoms. The predicted molar refractivity (Wildman–Crippen MR) is 107 cm³/mol. The van der Waals surface area contributed by atoms with Crippen LogP contribution in [0.4, 0.5) is 13.2 Å². The lowest BCUT2D eigenvalue weighted by Crippen LogP contribution is -2.40. The van der Waals surface area contributed by atoms with Crippen molar-refractivity contribution in [3.8, 4) is 5.75 Å². The van der Waals surface area contributed by atoms with E-state index >= 15 is 0 Å². The smallest absolute Gasteiger partial charge is 0.406 e. The molecule has 0 unspecified atom stereocenters. The van der Waals surface area contributed by atoms with E-state index in [1.54, 1.807) is 0 Å². The van der Waals surface area contributed by atoms with Crippen molar-refractivity contribution < 1.29 is 17.9 Å². The van der Waals surface area contributed by atoms with Crippen LogP contribution in [0.25, 0.3) is 0 Å². The van der Waals surface area contributed by atoms with Crippen molar-refractivity contribution in [1.29, 1.82) is 0 Å². The third kappa shape index (κ3) is 5.45. The summed E-state index contributed by atoms with van der Waals surface area (Å²) < 4.78 is 41.6. The van der Waals surface area contributed by atoms with E-state index in [9.17, 15) is 13.2 Å². The number of hydrogen-bond donors (Lipinski definition) is 0. The van der Waals surface area contributed by atoms with Crippen LogP contribution in [0.2, 0.25) is 0 Å². The first-order valence-corrected chi connectivity index (χ1v) is 11.3. The molecule has 158 valence electrons. The molecule has 0 amide bonds. The predicted octanol–water partition coefficient (Wildman–Crippen LogP) is 8.17. The molecular formula is C24H35F3O. The lowest BCUT2D eigenvalue weighted by Gasteiger charge is -2.48. The fraction of sp³-hybridized carbons (Fsp3) is 0.750. The van der Waals surface area contributed by atoms with Gasteiger partial charge in [0.05, 0.1) is 0 Å². The van der Waals surface area contributed by atoms with Crippen LogP contribution in [0.5, 0.6) is 5.75 Å². The van der Waals surface area contributed by atoms with Gasteiger partial charge in [0.15, 0.2) is 0 Å². The maximum atomic E-state index is 12.5. The van der Waals surface area contributed by atoms with Crippen LogP contribution in [0.1, 0.15) is 96.0 Å². The second kappa shape index (κ2) is 9.54. The molecule has 0 spiro atoms. The molecule has 1 aromatic rings. The molecular weight excluding hydrogens is 361 g/mol. The van der Waals surface area contributed by atoms with Gasteiger partial charge in [0, 0.05) is 0 Å². The van der Waals surface area contributed by atoms with Gasteiger partial charge < -0.3 is 4.74 Å². The van der Waals surface area contributed by atoms with Gasteiger partial charge >= 0.3 is 6.36 Å². The molecule has 0 heterocycles. The third-order valence-electron chi connectivity index (χ3n) is 7.26. The van der Waals surface area contributed by atoms with E-state index in [4.69, 9.17) is 0 Å².